The Labute approximate surface area is 144 Å². The molecular formula is C20H27NO3. The molecule has 24 heavy (non-hydrogen) atoms. The van der Waals surface area contributed by atoms with Crippen LogP contribution in [0.15, 0.2) is 73.1 Å². The summed E-state index contributed by atoms with van der Waals surface area (Å²) in [7, 11) is 0. The van der Waals surface area contributed by atoms with Crippen molar-refractivity contribution in [3.05, 3.63) is 73.1 Å². The number of aliphatic hydroxyl groups excluding tert-OH is 2. The standard InChI is InChI=1S/C20H27NO3/c1-2-3-6-9-18(22)10-7-4-5-8-11-19(23)14-17-24-20-12-15-21-16-13-20/h3-8,10-13,15-16,18-19,22-23H,2,9,14,17H2,1H3. The highest BCUT2D eigenvalue weighted by Crippen LogP contribution is 2.07. The Hall–Kier alpha value is -2.17. The number of hydrogen-bond donors (Lipinski definition) is 2. The molecule has 0 saturated carbocycles. The number of hydrogen-bond acceptors (Lipinski definition) is 4. The summed E-state index contributed by atoms with van der Waals surface area (Å²) in [5, 5.41) is 19.5. The third-order valence-electron chi connectivity index (χ3n) is 3.11. The molecule has 0 aliphatic carbocycles. The quantitative estimate of drug-likeness (QED) is 0.481. The summed E-state index contributed by atoms with van der Waals surface area (Å²) in [5.41, 5.74) is 0. The molecule has 4 heteroatoms. The van der Waals surface area contributed by atoms with Gasteiger partial charge in [0.2, 0.25) is 0 Å². The lowest BCUT2D eigenvalue weighted by Gasteiger charge is -2.07. The van der Waals surface area contributed by atoms with Crippen molar-refractivity contribution in [2.75, 3.05) is 6.61 Å². The van der Waals surface area contributed by atoms with Gasteiger partial charge >= 0.3 is 0 Å². The smallest absolute Gasteiger partial charge is 0.122 e. The minimum absolute atomic E-state index is 0.441. The van der Waals surface area contributed by atoms with Gasteiger partial charge in [0.1, 0.15) is 5.75 Å². The topological polar surface area (TPSA) is 62.6 Å². The molecule has 0 saturated heterocycles. The van der Waals surface area contributed by atoms with Crippen LogP contribution in [0.2, 0.25) is 0 Å². The van der Waals surface area contributed by atoms with Crippen molar-refractivity contribution in [3.63, 3.8) is 0 Å². The van der Waals surface area contributed by atoms with E-state index in [9.17, 15) is 10.2 Å². The van der Waals surface area contributed by atoms with Crippen LogP contribution in [-0.2, 0) is 0 Å². The fraction of sp³-hybridized carbons (Fsp3) is 0.350. The average Bonchev–Trinajstić information content (AvgIpc) is 2.59. The second-order valence-corrected chi connectivity index (χ2v) is 5.22. The number of allylic oxidation sites excluding steroid dienone is 5. The zero-order valence-corrected chi connectivity index (χ0v) is 14.2. The maximum absolute atomic E-state index is 9.81. The number of nitrogens with zero attached hydrogens (tertiary/aromatic N) is 1. The Morgan fingerprint density at radius 1 is 1.00 bits per heavy atom. The summed E-state index contributed by atoms with van der Waals surface area (Å²) in [6.45, 7) is 2.50. The van der Waals surface area contributed by atoms with Crippen LogP contribution in [0.4, 0.5) is 0 Å². The zero-order valence-electron chi connectivity index (χ0n) is 14.2. The fourth-order valence-electron chi connectivity index (χ4n) is 1.82. The Morgan fingerprint density at radius 2 is 1.67 bits per heavy atom. The van der Waals surface area contributed by atoms with Gasteiger partial charge in [-0.1, -0.05) is 55.5 Å². The number of aliphatic hydroxyl groups is 2. The second-order valence-electron chi connectivity index (χ2n) is 5.22. The highest BCUT2D eigenvalue weighted by Gasteiger charge is 1.99. The summed E-state index contributed by atoms with van der Waals surface area (Å²) in [6, 6.07) is 3.56. The van der Waals surface area contributed by atoms with Crippen molar-refractivity contribution in [1.82, 2.24) is 4.98 Å². The molecule has 0 radical (unpaired) electrons. The van der Waals surface area contributed by atoms with E-state index in [1.165, 1.54) is 0 Å². The molecule has 0 spiro atoms. The molecule has 1 aromatic heterocycles. The SMILES string of the molecule is CCC=CCC(O)C=CC=CC=CC(O)CCOc1ccncc1. The molecule has 2 atom stereocenters. The molecule has 2 N–H and O–H groups in total. The molecule has 0 aromatic carbocycles. The van der Waals surface area contributed by atoms with Crippen LogP contribution >= 0.6 is 0 Å². The minimum atomic E-state index is -0.551. The summed E-state index contributed by atoms with van der Waals surface area (Å²) >= 11 is 0. The predicted octanol–water partition coefficient (Wildman–Crippen LogP) is 3.60. The van der Waals surface area contributed by atoms with Crippen LogP contribution in [0.25, 0.3) is 0 Å². The van der Waals surface area contributed by atoms with Gasteiger partial charge < -0.3 is 14.9 Å². The molecule has 1 rings (SSSR count). The van der Waals surface area contributed by atoms with Gasteiger partial charge in [0.05, 0.1) is 18.8 Å². The Kier molecular flexibility index (Phi) is 11.0. The molecule has 0 bridgehead atoms. The maximum Gasteiger partial charge on any atom is 0.122 e. The Morgan fingerprint density at radius 3 is 2.33 bits per heavy atom. The normalized spacial score (nSPS) is 15.0. The number of rotatable bonds is 11. The van der Waals surface area contributed by atoms with Gasteiger partial charge in [-0.15, -0.1) is 0 Å². The van der Waals surface area contributed by atoms with Crippen LogP contribution in [0.5, 0.6) is 5.75 Å². The zero-order chi connectivity index (χ0) is 17.5. The first-order valence-electron chi connectivity index (χ1n) is 8.28. The van der Waals surface area contributed by atoms with Gasteiger partial charge in [0, 0.05) is 18.8 Å². The number of ether oxygens (including phenoxy) is 1. The van der Waals surface area contributed by atoms with E-state index in [-0.39, 0.29) is 0 Å². The first-order chi connectivity index (χ1) is 11.7. The molecule has 4 nitrogen and oxygen atoms in total. The van der Waals surface area contributed by atoms with Crippen LogP contribution in [0.3, 0.4) is 0 Å². The monoisotopic (exact) mass is 329 g/mol. The number of pyridine rings is 1. The summed E-state index contributed by atoms with van der Waals surface area (Å²) in [5.74, 6) is 0.749. The van der Waals surface area contributed by atoms with Gasteiger partial charge in [-0.25, -0.2) is 0 Å². The molecule has 2 unspecified atom stereocenters. The average molecular weight is 329 g/mol. The first-order valence-corrected chi connectivity index (χ1v) is 8.28. The molecule has 0 amide bonds. The molecule has 0 aliphatic rings. The van der Waals surface area contributed by atoms with E-state index in [0.717, 1.165) is 12.2 Å². The van der Waals surface area contributed by atoms with Crippen molar-refractivity contribution in [3.8, 4) is 5.75 Å². The Balaban J connectivity index is 2.17. The fourth-order valence-corrected chi connectivity index (χ4v) is 1.82. The second kappa shape index (κ2) is 13.3. The Bertz CT molecular complexity index is 535. The van der Waals surface area contributed by atoms with Crippen molar-refractivity contribution >= 4 is 0 Å². The maximum atomic E-state index is 9.81. The summed E-state index contributed by atoms with van der Waals surface area (Å²) in [4.78, 5) is 3.91. The van der Waals surface area contributed by atoms with Gasteiger partial charge in [0.25, 0.3) is 0 Å². The van der Waals surface area contributed by atoms with E-state index in [1.807, 2.05) is 24.3 Å². The first kappa shape index (κ1) is 19.9. The van der Waals surface area contributed by atoms with E-state index in [0.29, 0.717) is 19.4 Å². The van der Waals surface area contributed by atoms with Gasteiger partial charge in [0.15, 0.2) is 0 Å². The van der Waals surface area contributed by atoms with Gasteiger partial charge in [-0.3, -0.25) is 4.98 Å². The highest BCUT2D eigenvalue weighted by molar-refractivity contribution is 5.17. The van der Waals surface area contributed by atoms with Gasteiger partial charge in [-0.05, 0) is 25.0 Å². The molecular weight excluding hydrogens is 302 g/mol. The third kappa shape index (κ3) is 10.5. The molecule has 1 heterocycles. The lowest BCUT2D eigenvalue weighted by Crippen LogP contribution is -2.08. The van der Waals surface area contributed by atoms with Crippen molar-refractivity contribution < 1.29 is 14.9 Å². The third-order valence-corrected chi connectivity index (χ3v) is 3.11. The van der Waals surface area contributed by atoms with Crippen LogP contribution in [0, 0.1) is 0 Å². The van der Waals surface area contributed by atoms with Crippen LogP contribution in [0.1, 0.15) is 26.2 Å². The minimum Gasteiger partial charge on any atom is -0.493 e. The lowest BCUT2D eigenvalue weighted by atomic mass is 10.2. The molecule has 0 fully saturated rings. The van der Waals surface area contributed by atoms with Crippen molar-refractivity contribution in [2.45, 2.75) is 38.4 Å². The lowest BCUT2D eigenvalue weighted by molar-refractivity contribution is 0.178. The highest BCUT2D eigenvalue weighted by atomic mass is 16.5. The summed E-state index contributed by atoms with van der Waals surface area (Å²) < 4.78 is 5.49. The summed E-state index contributed by atoms with van der Waals surface area (Å²) in [6.07, 6.45) is 19.1. The van der Waals surface area contributed by atoms with E-state index >= 15 is 0 Å². The largest absolute Gasteiger partial charge is 0.493 e. The number of aromatic nitrogens is 1. The molecule has 130 valence electrons. The van der Waals surface area contributed by atoms with Crippen molar-refractivity contribution in [2.24, 2.45) is 0 Å². The van der Waals surface area contributed by atoms with Gasteiger partial charge in [-0.2, -0.15) is 0 Å². The molecule has 0 aliphatic heterocycles. The van der Waals surface area contributed by atoms with E-state index < -0.39 is 12.2 Å². The van der Waals surface area contributed by atoms with Crippen molar-refractivity contribution in [1.29, 1.82) is 0 Å². The van der Waals surface area contributed by atoms with E-state index in [4.69, 9.17) is 4.74 Å². The van der Waals surface area contributed by atoms with E-state index in [1.54, 1.807) is 48.8 Å². The predicted molar refractivity (Wildman–Crippen MR) is 97.8 cm³/mol. The molecule has 1 aromatic rings. The van der Waals surface area contributed by atoms with E-state index in [2.05, 4.69) is 11.9 Å². The van der Waals surface area contributed by atoms with Crippen LogP contribution in [-0.4, -0.2) is 34.0 Å². The van der Waals surface area contributed by atoms with Crippen LogP contribution < -0.4 is 4.74 Å².